The van der Waals surface area contributed by atoms with Crippen LogP contribution in [0.25, 0.3) is 67.2 Å². The molecule has 0 spiro atoms. The minimum atomic E-state index is 0.835. The number of rotatable bonds is 6. The van der Waals surface area contributed by atoms with E-state index in [0.29, 0.717) is 0 Å². The summed E-state index contributed by atoms with van der Waals surface area (Å²) in [4.78, 5) is 0. The average molecular weight is 538 g/mol. The van der Waals surface area contributed by atoms with E-state index < -0.39 is 0 Å². The van der Waals surface area contributed by atoms with E-state index in [9.17, 15) is 0 Å². The minimum Gasteiger partial charge on any atom is -0.207 e. The van der Waals surface area contributed by atoms with Crippen molar-refractivity contribution >= 4 is 0 Å². The molecular weight excluding hydrogens is 508 g/mol. The van der Waals surface area contributed by atoms with Crippen LogP contribution in [0.4, 0.5) is 0 Å². The zero-order valence-corrected chi connectivity index (χ0v) is 23.2. The molecule has 1 heterocycles. The first-order valence-corrected chi connectivity index (χ1v) is 14.3. The zero-order chi connectivity index (χ0) is 28.1. The van der Waals surface area contributed by atoms with Gasteiger partial charge in [-0.25, -0.2) is 4.42 Å². The Morgan fingerprint density at radius 3 is 0.762 bits per heavy atom. The largest absolute Gasteiger partial charge is 0.361 e. The Labute approximate surface area is 247 Å². The van der Waals surface area contributed by atoms with Crippen LogP contribution in [0.5, 0.6) is 0 Å². The molecular formula is C41H29O+. The first kappa shape index (κ1) is 25.4. The maximum atomic E-state index is 6.60. The third-order valence-corrected chi connectivity index (χ3v) is 7.67. The first-order valence-electron chi connectivity index (χ1n) is 14.3. The first-order chi connectivity index (χ1) is 20.8. The Balaban J connectivity index is 1.29. The molecule has 7 rings (SSSR count). The Kier molecular flexibility index (Phi) is 6.98. The van der Waals surface area contributed by atoms with Crippen molar-refractivity contribution in [2.45, 2.75) is 0 Å². The molecule has 0 aliphatic heterocycles. The molecule has 0 N–H and O–H groups in total. The monoisotopic (exact) mass is 537 g/mol. The molecule has 0 radical (unpaired) electrons. The van der Waals surface area contributed by atoms with Crippen LogP contribution in [-0.2, 0) is 0 Å². The van der Waals surface area contributed by atoms with E-state index in [1.807, 2.05) is 18.2 Å². The van der Waals surface area contributed by atoms with E-state index in [1.165, 1.54) is 33.4 Å². The fourth-order valence-corrected chi connectivity index (χ4v) is 5.35. The molecule has 7 aromatic rings. The summed E-state index contributed by atoms with van der Waals surface area (Å²) in [6.07, 6.45) is 0. The molecule has 42 heavy (non-hydrogen) atoms. The van der Waals surface area contributed by atoms with Crippen LogP contribution in [0.2, 0.25) is 0 Å². The lowest BCUT2D eigenvalue weighted by atomic mass is 9.97. The standard InChI is InChI=1S/C41H29O/c1-4-10-30(11-5-1)33-16-18-36(19-17-33)39-28-40(37-24-20-34(21-25-37)31-12-6-2-7-13-31)42-41(29-39)38-26-22-35(23-27-38)32-14-8-3-9-15-32/h1-29H/q+1. The van der Waals surface area contributed by atoms with Crippen molar-refractivity contribution in [3.8, 4) is 67.2 Å². The maximum Gasteiger partial charge on any atom is 0.361 e. The molecule has 1 nitrogen and oxygen atoms in total. The van der Waals surface area contributed by atoms with Crippen LogP contribution in [0.3, 0.4) is 0 Å². The molecule has 0 saturated carbocycles. The molecule has 0 aliphatic rings. The summed E-state index contributed by atoms with van der Waals surface area (Å²) in [5.74, 6) is 1.67. The molecule has 198 valence electrons. The Morgan fingerprint density at radius 2 is 0.452 bits per heavy atom. The van der Waals surface area contributed by atoms with E-state index in [4.69, 9.17) is 4.42 Å². The smallest absolute Gasteiger partial charge is 0.207 e. The van der Waals surface area contributed by atoms with E-state index in [1.54, 1.807) is 0 Å². The van der Waals surface area contributed by atoms with Crippen LogP contribution in [-0.4, -0.2) is 0 Å². The lowest BCUT2D eigenvalue weighted by molar-refractivity contribution is 0.582. The van der Waals surface area contributed by atoms with Crippen molar-refractivity contribution in [3.05, 3.63) is 176 Å². The van der Waals surface area contributed by atoms with Crippen LogP contribution >= 0.6 is 0 Å². The average Bonchev–Trinajstić information content (AvgIpc) is 3.09. The third-order valence-electron chi connectivity index (χ3n) is 7.67. The second-order valence-electron chi connectivity index (χ2n) is 10.4. The van der Waals surface area contributed by atoms with Crippen molar-refractivity contribution in [1.82, 2.24) is 0 Å². The highest BCUT2D eigenvalue weighted by Crippen LogP contribution is 2.35. The second-order valence-corrected chi connectivity index (χ2v) is 10.4. The van der Waals surface area contributed by atoms with Gasteiger partial charge >= 0.3 is 11.5 Å². The Bertz CT molecular complexity index is 1660. The fraction of sp³-hybridized carbons (Fsp3) is 0. The van der Waals surface area contributed by atoms with Gasteiger partial charge in [0, 0.05) is 5.56 Å². The van der Waals surface area contributed by atoms with Gasteiger partial charge in [-0.1, -0.05) is 140 Å². The molecule has 0 atom stereocenters. The van der Waals surface area contributed by atoms with E-state index >= 15 is 0 Å². The molecule has 0 saturated heterocycles. The molecule has 0 bridgehead atoms. The van der Waals surface area contributed by atoms with Gasteiger partial charge in [-0.05, 0) is 63.2 Å². The van der Waals surface area contributed by atoms with E-state index in [2.05, 4.69) is 158 Å². The quantitative estimate of drug-likeness (QED) is 0.192. The van der Waals surface area contributed by atoms with Crippen molar-refractivity contribution in [2.24, 2.45) is 0 Å². The summed E-state index contributed by atoms with van der Waals surface area (Å²) in [6, 6.07) is 61.7. The van der Waals surface area contributed by atoms with E-state index in [-0.39, 0.29) is 0 Å². The van der Waals surface area contributed by atoms with Crippen molar-refractivity contribution in [3.63, 3.8) is 0 Å². The topological polar surface area (TPSA) is 11.3 Å². The van der Waals surface area contributed by atoms with Gasteiger partial charge in [0.1, 0.15) is 0 Å². The molecule has 6 aromatic carbocycles. The highest BCUT2D eigenvalue weighted by molar-refractivity contribution is 5.78. The van der Waals surface area contributed by atoms with Gasteiger partial charge in [-0.2, -0.15) is 0 Å². The number of hydrogen-bond acceptors (Lipinski definition) is 0. The van der Waals surface area contributed by atoms with Gasteiger partial charge in [0.15, 0.2) is 0 Å². The maximum absolute atomic E-state index is 6.60. The molecule has 0 unspecified atom stereocenters. The second kappa shape index (κ2) is 11.5. The Morgan fingerprint density at radius 1 is 0.214 bits per heavy atom. The van der Waals surface area contributed by atoms with Crippen LogP contribution in [0.15, 0.2) is 180 Å². The van der Waals surface area contributed by atoms with Crippen molar-refractivity contribution in [2.75, 3.05) is 0 Å². The Hall–Kier alpha value is -5.53. The predicted octanol–water partition coefficient (Wildman–Crippen LogP) is 11.6. The molecule has 0 aliphatic carbocycles. The fourth-order valence-electron chi connectivity index (χ4n) is 5.35. The highest BCUT2D eigenvalue weighted by Gasteiger charge is 2.21. The van der Waals surface area contributed by atoms with Crippen LogP contribution < -0.4 is 0 Å². The van der Waals surface area contributed by atoms with Crippen molar-refractivity contribution in [1.29, 1.82) is 0 Å². The van der Waals surface area contributed by atoms with Crippen molar-refractivity contribution < 1.29 is 4.42 Å². The van der Waals surface area contributed by atoms with Gasteiger partial charge in [0.05, 0.1) is 23.3 Å². The zero-order valence-electron chi connectivity index (χ0n) is 23.2. The van der Waals surface area contributed by atoms with Gasteiger partial charge < -0.3 is 0 Å². The summed E-state index contributed by atoms with van der Waals surface area (Å²) in [6.45, 7) is 0. The predicted molar refractivity (Wildman–Crippen MR) is 176 cm³/mol. The van der Waals surface area contributed by atoms with Crippen LogP contribution in [0.1, 0.15) is 0 Å². The minimum absolute atomic E-state index is 0.835. The summed E-state index contributed by atoms with van der Waals surface area (Å²) >= 11 is 0. The highest BCUT2D eigenvalue weighted by atomic mass is 16.3. The summed E-state index contributed by atoms with van der Waals surface area (Å²) in [5, 5.41) is 0. The molecule has 0 amide bonds. The van der Waals surface area contributed by atoms with Gasteiger partial charge in [0.2, 0.25) is 0 Å². The third kappa shape index (κ3) is 5.41. The molecule has 1 heteroatoms. The lowest BCUT2D eigenvalue weighted by Gasteiger charge is -2.06. The van der Waals surface area contributed by atoms with Crippen LogP contribution in [0, 0.1) is 0 Å². The SMILES string of the molecule is c1ccc(-c2ccc(-c3cc(-c4ccc(-c5ccccc5)cc4)[o+]c(-c4ccc(-c5ccccc5)cc4)c3)cc2)cc1. The number of hydrogen-bond donors (Lipinski definition) is 0. The molecule has 0 fully saturated rings. The lowest BCUT2D eigenvalue weighted by Crippen LogP contribution is -1.87. The normalized spacial score (nSPS) is 10.9. The molecule has 1 aromatic heterocycles. The van der Waals surface area contributed by atoms with E-state index in [0.717, 1.165) is 33.8 Å². The van der Waals surface area contributed by atoms with Gasteiger partial charge in [-0.3, -0.25) is 0 Å². The summed E-state index contributed by atoms with van der Waals surface area (Å²) < 4.78 is 6.60. The number of benzene rings is 6. The van der Waals surface area contributed by atoms with Gasteiger partial charge in [-0.15, -0.1) is 0 Å². The van der Waals surface area contributed by atoms with Gasteiger partial charge in [0.25, 0.3) is 0 Å². The summed E-state index contributed by atoms with van der Waals surface area (Å²) in [5.41, 5.74) is 11.5. The summed E-state index contributed by atoms with van der Waals surface area (Å²) in [7, 11) is 0.